The summed E-state index contributed by atoms with van der Waals surface area (Å²) >= 11 is 8.43. The maximum atomic E-state index is 12.9. The Morgan fingerprint density at radius 1 is 0.959 bits per heavy atom. The lowest BCUT2D eigenvalue weighted by Crippen LogP contribution is -2.44. The second-order valence-electron chi connectivity index (χ2n) is 14.9. The Bertz CT molecular complexity index is 1980. The SMILES string of the molecule is CC(C)(C)OC(=O)N1CCCC1c1ncc(-c2ccc(C#Cc3cc4[nH]c(C56CCCN(C(=O)OC(C)(C)C)C5S6)nc4cc3Cl)cc2)[nH]1. The van der Waals surface area contributed by atoms with Crippen molar-refractivity contribution >= 4 is 46.6 Å². The number of piperidine rings is 1. The summed E-state index contributed by atoms with van der Waals surface area (Å²) in [5.41, 5.74) is 3.93. The Balaban J connectivity index is 1.04. The number of ether oxygens (including phenoxy) is 2. The first kappa shape index (κ1) is 33.4. The van der Waals surface area contributed by atoms with Gasteiger partial charge in [-0.2, -0.15) is 0 Å². The van der Waals surface area contributed by atoms with Crippen LogP contribution >= 0.6 is 23.4 Å². The van der Waals surface area contributed by atoms with E-state index in [9.17, 15) is 9.59 Å². The molecule has 0 aliphatic carbocycles. The highest BCUT2D eigenvalue weighted by Crippen LogP contribution is 2.66. The summed E-state index contributed by atoms with van der Waals surface area (Å²) in [6.45, 7) is 12.6. The second-order valence-corrected chi connectivity index (χ2v) is 16.7. The van der Waals surface area contributed by atoms with Gasteiger partial charge in [0.1, 0.15) is 33.0 Å². The number of fused-ring (bicyclic) bond motifs is 2. The third-order valence-corrected chi connectivity index (χ3v) is 10.8. The number of aromatic amines is 2. The zero-order chi connectivity index (χ0) is 34.7. The molecule has 0 radical (unpaired) electrons. The van der Waals surface area contributed by atoms with E-state index in [0.717, 1.165) is 65.2 Å². The Labute approximate surface area is 295 Å². The van der Waals surface area contributed by atoms with Gasteiger partial charge in [0.05, 0.1) is 34.0 Å². The van der Waals surface area contributed by atoms with Gasteiger partial charge in [-0.3, -0.25) is 9.80 Å². The molecule has 2 aromatic heterocycles. The van der Waals surface area contributed by atoms with Crippen LogP contribution < -0.4 is 0 Å². The van der Waals surface area contributed by atoms with Gasteiger partial charge in [0.2, 0.25) is 0 Å². The maximum absolute atomic E-state index is 12.9. The van der Waals surface area contributed by atoms with E-state index in [2.05, 4.69) is 26.8 Å². The second kappa shape index (κ2) is 12.3. The fraction of sp³-hybridized carbons (Fsp3) is 0.459. The van der Waals surface area contributed by atoms with Crippen molar-refractivity contribution in [2.45, 2.75) is 94.6 Å². The molecule has 256 valence electrons. The van der Waals surface area contributed by atoms with Crippen LogP contribution in [0.15, 0.2) is 42.6 Å². The molecule has 3 fully saturated rings. The van der Waals surface area contributed by atoms with Gasteiger partial charge in [0.15, 0.2) is 0 Å². The van der Waals surface area contributed by atoms with E-state index in [1.165, 1.54) is 0 Å². The zero-order valence-electron chi connectivity index (χ0n) is 28.6. The summed E-state index contributed by atoms with van der Waals surface area (Å²) in [5, 5.41) is 0.529. The summed E-state index contributed by atoms with van der Waals surface area (Å²) < 4.78 is 11.0. The first-order chi connectivity index (χ1) is 23.2. The topological polar surface area (TPSA) is 116 Å². The molecule has 3 saturated heterocycles. The number of amides is 2. The summed E-state index contributed by atoms with van der Waals surface area (Å²) in [5.74, 6) is 8.09. The number of hydrogen-bond donors (Lipinski definition) is 2. The van der Waals surface area contributed by atoms with Gasteiger partial charge < -0.3 is 19.4 Å². The number of aromatic nitrogens is 4. The van der Waals surface area contributed by atoms with Crippen LogP contribution in [0.5, 0.6) is 0 Å². The highest BCUT2D eigenvalue weighted by Gasteiger charge is 2.64. The molecule has 0 bridgehead atoms. The monoisotopic (exact) mass is 700 g/mol. The molecule has 0 spiro atoms. The van der Waals surface area contributed by atoms with Crippen molar-refractivity contribution in [1.29, 1.82) is 0 Å². The molecule has 49 heavy (non-hydrogen) atoms. The fourth-order valence-corrected chi connectivity index (χ4v) is 8.22. The molecule has 3 aliphatic heterocycles. The van der Waals surface area contributed by atoms with Gasteiger partial charge in [-0.1, -0.05) is 35.6 Å². The number of carbonyl (C=O) groups is 2. The van der Waals surface area contributed by atoms with E-state index < -0.39 is 11.2 Å². The van der Waals surface area contributed by atoms with Gasteiger partial charge in [0.25, 0.3) is 0 Å². The predicted octanol–water partition coefficient (Wildman–Crippen LogP) is 8.38. The van der Waals surface area contributed by atoms with Crippen LogP contribution in [0.2, 0.25) is 5.02 Å². The van der Waals surface area contributed by atoms with Crippen molar-refractivity contribution in [3.05, 3.63) is 70.4 Å². The van der Waals surface area contributed by atoms with E-state index in [1.54, 1.807) is 22.9 Å². The molecule has 3 atom stereocenters. The normalized spacial score (nSPS) is 22.0. The Hall–Kier alpha value is -4.14. The number of thioether (sulfide) groups is 1. The number of carbonyl (C=O) groups excluding carboxylic acids is 2. The first-order valence-corrected chi connectivity index (χ1v) is 18.0. The molecule has 2 amide bonds. The molecule has 3 unspecified atom stereocenters. The van der Waals surface area contributed by atoms with E-state index in [4.69, 9.17) is 26.1 Å². The van der Waals surface area contributed by atoms with Gasteiger partial charge in [-0.15, -0.1) is 11.8 Å². The molecule has 4 aromatic rings. The number of rotatable bonds is 3. The number of nitrogens with one attached hydrogen (secondary N) is 2. The molecule has 10 nitrogen and oxygen atoms in total. The van der Waals surface area contributed by atoms with Gasteiger partial charge in [-0.05, 0) is 97.1 Å². The minimum atomic E-state index is -0.549. The standard InChI is InChI=1S/C37H41ClN6O4S/c1-35(2,3)47-33(45)43-17-7-9-29(43)30-39-21-28(40-30)23-13-10-22(11-14-23)12-15-24-19-26-27(20-25(24)38)42-31(41-26)37-16-8-18-44(32(37)49-37)34(46)48-36(4,5)6/h10-11,13-14,19-21,29,32H,7-9,16-18H2,1-6H3,(H,39,40)(H,41,42). The quantitative estimate of drug-likeness (QED) is 0.163. The van der Waals surface area contributed by atoms with Crippen LogP contribution in [0.1, 0.15) is 96.0 Å². The van der Waals surface area contributed by atoms with Crippen LogP contribution in [0.4, 0.5) is 9.59 Å². The van der Waals surface area contributed by atoms with E-state index >= 15 is 0 Å². The Morgan fingerprint density at radius 2 is 1.65 bits per heavy atom. The Kier molecular flexibility index (Phi) is 8.39. The molecule has 0 saturated carbocycles. The van der Waals surface area contributed by atoms with Crippen molar-refractivity contribution in [2.24, 2.45) is 0 Å². The largest absolute Gasteiger partial charge is 0.444 e. The average molecular weight is 701 g/mol. The van der Waals surface area contributed by atoms with Crippen LogP contribution in [0.3, 0.4) is 0 Å². The Morgan fingerprint density at radius 3 is 2.37 bits per heavy atom. The number of imidazole rings is 2. The lowest BCUT2D eigenvalue weighted by molar-refractivity contribution is 0.0185. The minimum Gasteiger partial charge on any atom is -0.444 e. The lowest BCUT2D eigenvalue weighted by atomic mass is 9.97. The van der Waals surface area contributed by atoms with Crippen molar-refractivity contribution in [1.82, 2.24) is 29.7 Å². The van der Waals surface area contributed by atoms with Crippen LogP contribution in [0.25, 0.3) is 22.3 Å². The van der Waals surface area contributed by atoms with E-state index in [0.29, 0.717) is 23.7 Å². The zero-order valence-corrected chi connectivity index (χ0v) is 30.2. The van der Waals surface area contributed by atoms with Crippen LogP contribution in [-0.2, 0) is 14.2 Å². The lowest BCUT2D eigenvalue weighted by Gasteiger charge is -2.31. The highest BCUT2D eigenvalue weighted by molar-refractivity contribution is 8.08. The molecule has 2 N–H and O–H groups in total. The molecule has 7 rings (SSSR count). The molecule has 5 heterocycles. The van der Waals surface area contributed by atoms with Crippen LogP contribution in [0, 0.1) is 11.8 Å². The number of benzene rings is 2. The number of halogens is 1. The average Bonchev–Trinajstić information content (AvgIpc) is 3.39. The van der Waals surface area contributed by atoms with E-state index in [-0.39, 0.29) is 28.3 Å². The van der Waals surface area contributed by atoms with E-state index in [1.807, 2.05) is 82.8 Å². The summed E-state index contributed by atoms with van der Waals surface area (Å²) in [6, 6.07) is 11.6. The molecule has 3 aliphatic rings. The third kappa shape index (κ3) is 6.86. The fourth-order valence-electron chi connectivity index (χ4n) is 6.53. The van der Waals surface area contributed by atoms with Crippen molar-refractivity contribution in [3.63, 3.8) is 0 Å². The molecule has 2 aromatic carbocycles. The molecule has 12 heteroatoms. The number of likely N-dealkylation sites (tertiary alicyclic amines) is 2. The molecular formula is C37H41ClN6O4S. The summed E-state index contributed by atoms with van der Waals surface area (Å²) in [6.07, 6.45) is 4.77. The number of hydrogen-bond acceptors (Lipinski definition) is 7. The first-order valence-electron chi connectivity index (χ1n) is 16.7. The summed E-state index contributed by atoms with van der Waals surface area (Å²) in [7, 11) is 0. The van der Waals surface area contributed by atoms with Crippen LogP contribution in [-0.4, -0.2) is 71.6 Å². The third-order valence-electron chi connectivity index (χ3n) is 8.82. The van der Waals surface area contributed by atoms with Gasteiger partial charge in [-0.25, -0.2) is 19.6 Å². The van der Waals surface area contributed by atoms with Crippen molar-refractivity contribution in [2.75, 3.05) is 13.1 Å². The van der Waals surface area contributed by atoms with Gasteiger partial charge in [0, 0.05) is 24.2 Å². The minimum absolute atomic E-state index is 0.00245. The van der Waals surface area contributed by atoms with Crippen molar-refractivity contribution in [3.8, 4) is 23.1 Å². The molecular weight excluding hydrogens is 660 g/mol. The smallest absolute Gasteiger partial charge is 0.411 e. The number of H-pyrrole nitrogens is 2. The predicted molar refractivity (Wildman–Crippen MR) is 191 cm³/mol. The number of nitrogens with zero attached hydrogens (tertiary/aromatic N) is 4. The van der Waals surface area contributed by atoms with Gasteiger partial charge >= 0.3 is 12.2 Å². The maximum Gasteiger partial charge on any atom is 0.411 e. The summed E-state index contributed by atoms with van der Waals surface area (Å²) in [4.78, 5) is 45.7. The van der Waals surface area contributed by atoms with Crippen molar-refractivity contribution < 1.29 is 19.1 Å². The highest BCUT2D eigenvalue weighted by atomic mass is 35.5.